The molecule has 5 nitrogen and oxygen atoms in total. The van der Waals surface area contributed by atoms with E-state index in [-0.39, 0.29) is 0 Å². The van der Waals surface area contributed by atoms with Crippen molar-refractivity contribution in [2.75, 3.05) is 31.6 Å². The van der Waals surface area contributed by atoms with Crippen LogP contribution in [0.1, 0.15) is 78.2 Å². The Morgan fingerprint density at radius 1 is 1.03 bits per heavy atom. The third-order valence-corrected chi connectivity index (χ3v) is 7.12. The highest BCUT2D eigenvalue weighted by Crippen LogP contribution is 2.34. The molecule has 2 aliphatic rings. The summed E-state index contributed by atoms with van der Waals surface area (Å²) < 4.78 is 0. The largest absolute Gasteiger partial charge is 0.332 e. The minimum absolute atomic E-state index is 0.594. The predicted octanol–water partition coefficient (Wildman–Crippen LogP) is 4.37. The van der Waals surface area contributed by atoms with Crippen LogP contribution in [-0.4, -0.2) is 70.6 Å². The molecule has 0 aliphatic carbocycles. The van der Waals surface area contributed by atoms with Crippen LogP contribution in [0.25, 0.3) is 0 Å². The Morgan fingerprint density at radius 3 is 2.28 bits per heavy atom. The van der Waals surface area contributed by atoms with E-state index in [0.29, 0.717) is 24.2 Å². The van der Waals surface area contributed by atoms with Crippen molar-refractivity contribution < 1.29 is 0 Å². The molecule has 3 rings (SSSR count). The van der Waals surface area contributed by atoms with Gasteiger partial charge in [-0.05, 0) is 78.5 Å². The molecule has 164 valence electrons. The highest BCUT2D eigenvalue weighted by atomic mass is 15.4. The Kier molecular flexibility index (Phi) is 8.31. The fraction of sp³-hybridized carbons (Fsp3) is 0.833. The number of piperazine rings is 1. The smallest absolute Gasteiger partial charge is 0.225 e. The van der Waals surface area contributed by atoms with Gasteiger partial charge in [-0.15, -0.1) is 0 Å². The van der Waals surface area contributed by atoms with Crippen molar-refractivity contribution in [3.05, 3.63) is 18.0 Å². The molecule has 3 atom stereocenters. The first-order valence-corrected chi connectivity index (χ1v) is 12.0. The minimum Gasteiger partial charge on any atom is -0.332 e. The first kappa shape index (κ1) is 22.5. The number of anilines is 1. The van der Waals surface area contributed by atoms with Gasteiger partial charge in [0.15, 0.2) is 0 Å². The highest BCUT2D eigenvalue weighted by molar-refractivity contribution is 5.37. The summed E-state index contributed by atoms with van der Waals surface area (Å²) in [6.07, 6.45) is 14.2. The van der Waals surface area contributed by atoms with Gasteiger partial charge in [0.25, 0.3) is 0 Å². The maximum atomic E-state index is 4.79. The van der Waals surface area contributed by atoms with E-state index in [9.17, 15) is 0 Å². The van der Waals surface area contributed by atoms with Crippen molar-refractivity contribution in [3.63, 3.8) is 0 Å². The van der Waals surface area contributed by atoms with Crippen molar-refractivity contribution in [2.24, 2.45) is 0 Å². The Hall–Kier alpha value is -1.20. The van der Waals surface area contributed by atoms with E-state index >= 15 is 0 Å². The molecule has 0 aromatic carbocycles. The van der Waals surface area contributed by atoms with E-state index in [2.05, 4.69) is 61.8 Å². The summed E-state index contributed by atoms with van der Waals surface area (Å²) in [5.41, 5.74) is 1.29. The van der Waals surface area contributed by atoms with E-state index < -0.39 is 0 Å². The SMILES string of the molecule is CCCC(C)N1CC2CCC(C1)N2c1ncc(CCCCCN(C)C(C)C)cn1. The van der Waals surface area contributed by atoms with E-state index in [0.717, 1.165) is 12.4 Å². The fourth-order valence-corrected chi connectivity index (χ4v) is 4.96. The summed E-state index contributed by atoms with van der Waals surface area (Å²) >= 11 is 0. The molecule has 0 radical (unpaired) electrons. The van der Waals surface area contributed by atoms with Gasteiger partial charge in [-0.1, -0.05) is 19.8 Å². The quantitative estimate of drug-likeness (QED) is 0.515. The van der Waals surface area contributed by atoms with Gasteiger partial charge >= 0.3 is 0 Å². The highest BCUT2D eigenvalue weighted by Gasteiger charge is 2.42. The Balaban J connectivity index is 1.46. The maximum absolute atomic E-state index is 4.79. The van der Waals surface area contributed by atoms with Crippen LogP contribution in [0.15, 0.2) is 12.4 Å². The number of nitrogens with zero attached hydrogens (tertiary/aromatic N) is 5. The lowest BCUT2D eigenvalue weighted by atomic mass is 10.1. The molecule has 1 aromatic heterocycles. The molecular formula is C24H43N5. The van der Waals surface area contributed by atoms with Crippen molar-refractivity contribution in [2.45, 2.75) is 103 Å². The average Bonchev–Trinajstić information content (AvgIpc) is 2.97. The van der Waals surface area contributed by atoms with Crippen LogP contribution >= 0.6 is 0 Å². The van der Waals surface area contributed by atoms with Crippen LogP contribution in [-0.2, 0) is 6.42 Å². The number of hydrogen-bond acceptors (Lipinski definition) is 5. The Labute approximate surface area is 178 Å². The third-order valence-electron chi connectivity index (χ3n) is 7.12. The summed E-state index contributed by atoms with van der Waals surface area (Å²) in [4.78, 5) is 17.2. The summed E-state index contributed by atoms with van der Waals surface area (Å²) in [6.45, 7) is 12.7. The summed E-state index contributed by atoms with van der Waals surface area (Å²) in [5.74, 6) is 0.961. The van der Waals surface area contributed by atoms with Crippen LogP contribution in [0.2, 0.25) is 0 Å². The minimum atomic E-state index is 0.594. The van der Waals surface area contributed by atoms with E-state index in [1.165, 1.54) is 70.1 Å². The van der Waals surface area contributed by atoms with Crippen molar-refractivity contribution >= 4 is 5.95 Å². The normalized spacial score (nSPS) is 23.3. The van der Waals surface area contributed by atoms with Gasteiger partial charge < -0.3 is 9.80 Å². The Morgan fingerprint density at radius 2 is 1.69 bits per heavy atom. The number of likely N-dealkylation sites (tertiary alicyclic amines) is 1. The summed E-state index contributed by atoms with van der Waals surface area (Å²) in [6, 6.07) is 2.53. The van der Waals surface area contributed by atoms with E-state index in [1.54, 1.807) is 0 Å². The second-order valence-corrected chi connectivity index (χ2v) is 9.66. The van der Waals surface area contributed by atoms with Crippen molar-refractivity contribution in [3.8, 4) is 0 Å². The van der Waals surface area contributed by atoms with Crippen LogP contribution in [0.5, 0.6) is 0 Å². The lowest BCUT2D eigenvalue weighted by molar-refractivity contribution is 0.158. The van der Waals surface area contributed by atoms with Gasteiger partial charge in [-0.2, -0.15) is 0 Å². The molecule has 0 spiro atoms. The van der Waals surface area contributed by atoms with Gasteiger partial charge in [0.1, 0.15) is 0 Å². The first-order chi connectivity index (χ1) is 14.0. The molecule has 0 amide bonds. The molecule has 2 aliphatic heterocycles. The van der Waals surface area contributed by atoms with Gasteiger partial charge in [0, 0.05) is 49.7 Å². The number of aromatic nitrogens is 2. The lowest BCUT2D eigenvalue weighted by Crippen LogP contribution is -2.56. The van der Waals surface area contributed by atoms with Gasteiger partial charge in [0.05, 0.1) is 0 Å². The molecule has 3 heterocycles. The maximum Gasteiger partial charge on any atom is 0.225 e. The number of hydrogen-bond donors (Lipinski definition) is 0. The van der Waals surface area contributed by atoms with Gasteiger partial charge in [-0.25, -0.2) is 9.97 Å². The van der Waals surface area contributed by atoms with Crippen LogP contribution in [0, 0.1) is 0 Å². The zero-order valence-electron chi connectivity index (χ0n) is 19.5. The molecular weight excluding hydrogens is 358 g/mol. The van der Waals surface area contributed by atoms with Crippen molar-refractivity contribution in [1.29, 1.82) is 0 Å². The standard InChI is InChI=1S/C24H43N5/c1-6-10-20(4)28-17-22-12-13-23(18-28)29(22)24-25-15-21(16-26-24)11-8-7-9-14-27(5)19(2)3/h15-16,19-20,22-23H,6-14,17-18H2,1-5H3. The van der Waals surface area contributed by atoms with Crippen molar-refractivity contribution in [1.82, 2.24) is 19.8 Å². The first-order valence-electron chi connectivity index (χ1n) is 12.0. The van der Waals surface area contributed by atoms with Gasteiger partial charge in [-0.3, -0.25) is 4.90 Å². The molecule has 3 unspecified atom stereocenters. The number of aryl methyl sites for hydroxylation is 1. The second kappa shape index (κ2) is 10.7. The van der Waals surface area contributed by atoms with Crippen LogP contribution in [0.3, 0.4) is 0 Å². The van der Waals surface area contributed by atoms with E-state index in [1.807, 2.05) is 0 Å². The molecule has 29 heavy (non-hydrogen) atoms. The van der Waals surface area contributed by atoms with E-state index in [4.69, 9.17) is 9.97 Å². The molecule has 2 bridgehead atoms. The third kappa shape index (κ3) is 5.91. The Bertz CT molecular complexity index is 588. The molecule has 2 fully saturated rings. The zero-order valence-corrected chi connectivity index (χ0v) is 19.5. The lowest BCUT2D eigenvalue weighted by Gasteiger charge is -2.43. The fourth-order valence-electron chi connectivity index (χ4n) is 4.96. The molecule has 1 aromatic rings. The molecule has 0 N–H and O–H groups in total. The summed E-state index contributed by atoms with van der Waals surface area (Å²) in [7, 11) is 2.22. The number of unbranched alkanes of at least 4 members (excludes halogenated alkanes) is 2. The zero-order chi connectivity index (χ0) is 20.8. The average molecular weight is 402 g/mol. The monoisotopic (exact) mass is 401 g/mol. The molecule has 2 saturated heterocycles. The second-order valence-electron chi connectivity index (χ2n) is 9.66. The predicted molar refractivity (Wildman–Crippen MR) is 123 cm³/mol. The van der Waals surface area contributed by atoms with Gasteiger partial charge in [0.2, 0.25) is 5.95 Å². The van der Waals surface area contributed by atoms with Crippen LogP contribution in [0.4, 0.5) is 5.95 Å². The number of rotatable bonds is 11. The molecule has 0 saturated carbocycles. The number of fused-ring (bicyclic) bond motifs is 2. The summed E-state index contributed by atoms with van der Waals surface area (Å²) in [5, 5.41) is 0. The molecule has 5 heteroatoms. The topological polar surface area (TPSA) is 35.5 Å². The van der Waals surface area contributed by atoms with Crippen LogP contribution < -0.4 is 4.90 Å².